The van der Waals surface area contributed by atoms with Crippen molar-refractivity contribution in [3.63, 3.8) is 0 Å². The molecule has 9 nitrogen and oxygen atoms in total. The summed E-state index contributed by atoms with van der Waals surface area (Å²) in [6.45, 7) is 2.84. The van der Waals surface area contributed by atoms with Crippen LogP contribution in [0.1, 0.15) is 68.1 Å². The zero-order chi connectivity index (χ0) is 33.8. The molecule has 1 saturated heterocycles. The number of carbonyl (C=O) groups is 2. The first-order chi connectivity index (χ1) is 22.8. The number of hydrogen-bond acceptors (Lipinski definition) is 7. The van der Waals surface area contributed by atoms with Crippen LogP contribution in [0.4, 0.5) is 10.1 Å². The number of rotatable bonds is 2. The van der Waals surface area contributed by atoms with Crippen LogP contribution in [0, 0.1) is 17.8 Å². The Kier molecular flexibility index (Phi) is 8.94. The summed E-state index contributed by atoms with van der Waals surface area (Å²) in [5.74, 6) is -0.265. The molecule has 2 amide bonds. The molecule has 2 aliphatic carbocycles. The second-order valence-electron chi connectivity index (χ2n) is 14.9. The van der Waals surface area contributed by atoms with Crippen molar-refractivity contribution in [2.24, 2.45) is 17.8 Å². The molecule has 260 valence electrons. The number of sulfonamides is 1. The van der Waals surface area contributed by atoms with E-state index in [1.807, 2.05) is 16.9 Å². The van der Waals surface area contributed by atoms with Crippen molar-refractivity contribution < 1.29 is 31.9 Å². The number of amides is 2. The predicted octanol–water partition coefficient (Wildman–Crippen LogP) is 5.13. The van der Waals surface area contributed by atoms with Gasteiger partial charge in [-0.05, 0) is 105 Å². The van der Waals surface area contributed by atoms with Crippen LogP contribution in [0.3, 0.4) is 0 Å². The lowest BCUT2D eigenvalue weighted by Crippen LogP contribution is -2.50. The maximum atomic E-state index is 17.4. The van der Waals surface area contributed by atoms with Gasteiger partial charge in [-0.25, -0.2) is 12.8 Å². The highest BCUT2D eigenvalue weighted by Crippen LogP contribution is 2.49. The van der Waals surface area contributed by atoms with Crippen LogP contribution >= 0.6 is 11.6 Å². The molecule has 3 heterocycles. The van der Waals surface area contributed by atoms with Gasteiger partial charge in [0.05, 0.1) is 31.1 Å². The predicted molar refractivity (Wildman–Crippen MR) is 182 cm³/mol. The highest BCUT2D eigenvalue weighted by molar-refractivity contribution is 7.89. The van der Waals surface area contributed by atoms with Gasteiger partial charge in [0, 0.05) is 49.3 Å². The van der Waals surface area contributed by atoms with Gasteiger partial charge in [-0.3, -0.25) is 14.3 Å². The van der Waals surface area contributed by atoms with Gasteiger partial charge in [0.25, 0.3) is 5.91 Å². The first kappa shape index (κ1) is 33.6. The van der Waals surface area contributed by atoms with Gasteiger partial charge >= 0.3 is 0 Å². The molecule has 0 aromatic heterocycles. The summed E-state index contributed by atoms with van der Waals surface area (Å²) in [6, 6.07) is 10.8. The summed E-state index contributed by atoms with van der Waals surface area (Å²) in [6.07, 6.45) is 7.68. The van der Waals surface area contributed by atoms with E-state index in [-0.39, 0.29) is 17.1 Å². The van der Waals surface area contributed by atoms with Crippen LogP contribution < -0.4 is 14.4 Å². The largest absolute Gasteiger partial charge is 0.490 e. The molecular weight excluding hydrogens is 657 g/mol. The fourth-order valence-corrected chi connectivity index (χ4v) is 9.52. The van der Waals surface area contributed by atoms with E-state index in [2.05, 4.69) is 11.0 Å². The number of anilines is 1. The minimum Gasteiger partial charge on any atom is -0.490 e. The van der Waals surface area contributed by atoms with E-state index in [1.54, 1.807) is 19.2 Å². The van der Waals surface area contributed by atoms with Crippen molar-refractivity contribution in [2.75, 3.05) is 51.1 Å². The van der Waals surface area contributed by atoms with E-state index >= 15 is 4.39 Å². The summed E-state index contributed by atoms with van der Waals surface area (Å²) >= 11 is 6.43. The lowest BCUT2D eigenvalue weighted by Gasteiger charge is -2.48. The number of nitrogens with zero attached hydrogens (tertiary/aromatic N) is 2. The molecular formula is C36H45ClFN3O6S. The SMILES string of the molecule is CN1CC[C@@H]2CCO[C@@H](C2)[C@@H]2CC[C@H]2CN2C[C@@]3(CCCc4cc(Cl)ccc43)COc3ccc(cc32)[C@@](F)(C(=O)NS(C)(=O)=O)CC1=O. The van der Waals surface area contributed by atoms with Crippen molar-refractivity contribution >= 4 is 39.1 Å². The molecule has 1 spiro atoms. The molecule has 0 radical (unpaired) electrons. The maximum Gasteiger partial charge on any atom is 0.276 e. The molecule has 5 aliphatic rings. The smallest absolute Gasteiger partial charge is 0.276 e. The molecule has 2 fully saturated rings. The summed E-state index contributed by atoms with van der Waals surface area (Å²) < 4.78 is 56.5. The average molecular weight is 702 g/mol. The minimum atomic E-state index is -4.11. The molecule has 1 N–H and O–H groups in total. The summed E-state index contributed by atoms with van der Waals surface area (Å²) in [4.78, 5) is 30.8. The van der Waals surface area contributed by atoms with Crippen molar-refractivity contribution in [2.45, 2.75) is 75.0 Å². The fraction of sp³-hybridized carbons (Fsp3) is 0.611. The molecule has 6 atom stereocenters. The molecule has 4 bridgehead atoms. The molecule has 0 unspecified atom stereocenters. The third kappa shape index (κ3) is 6.42. The summed E-state index contributed by atoms with van der Waals surface area (Å²) in [5, 5.41) is 0.702. The van der Waals surface area contributed by atoms with Gasteiger partial charge in [-0.1, -0.05) is 23.7 Å². The van der Waals surface area contributed by atoms with Crippen molar-refractivity contribution in [1.82, 2.24) is 9.62 Å². The summed E-state index contributed by atoms with van der Waals surface area (Å²) in [7, 11) is -2.50. The van der Waals surface area contributed by atoms with E-state index in [1.165, 1.54) is 22.1 Å². The number of nitrogens with one attached hydrogen (secondary N) is 1. The molecule has 2 aromatic rings. The second-order valence-corrected chi connectivity index (χ2v) is 17.1. The first-order valence-corrected chi connectivity index (χ1v) is 19.5. The lowest BCUT2D eigenvalue weighted by atomic mass is 9.67. The van der Waals surface area contributed by atoms with Crippen LogP contribution in [-0.4, -0.2) is 77.4 Å². The zero-order valence-corrected chi connectivity index (χ0v) is 29.3. The number of aryl methyl sites for hydroxylation is 1. The number of fused-ring (bicyclic) bond motifs is 7. The Hall–Kier alpha value is -2.89. The average Bonchev–Trinajstić information content (AvgIpc) is 3.17. The van der Waals surface area contributed by atoms with Crippen LogP contribution in [-0.2, 0) is 41.9 Å². The number of halogens is 2. The number of hydrogen-bond donors (Lipinski definition) is 1. The Bertz CT molecular complexity index is 1710. The maximum absolute atomic E-state index is 17.4. The van der Waals surface area contributed by atoms with E-state index in [0.29, 0.717) is 67.1 Å². The van der Waals surface area contributed by atoms with Crippen LogP contribution in [0.5, 0.6) is 5.75 Å². The second kappa shape index (κ2) is 12.8. The number of alkyl halides is 1. The molecule has 3 aliphatic heterocycles. The third-order valence-electron chi connectivity index (χ3n) is 11.7. The molecule has 7 rings (SSSR count). The molecule has 12 heteroatoms. The van der Waals surface area contributed by atoms with E-state index < -0.39 is 33.9 Å². The highest BCUT2D eigenvalue weighted by Gasteiger charge is 2.48. The number of carbonyl (C=O) groups excluding carboxylic acids is 2. The standard InChI is InChI=1S/C36H45ClFN3O6S/c1-40-14-11-23-12-15-46-32(16-23)28-8-5-25(28)20-41-21-35(13-3-4-24-17-27(37)7-9-29(24)35)22-47-31-10-6-26(18-30(31)41)36(38,19-33(40)42)34(43)39-48(2,44)45/h6-7,9-10,17-18,23,25,28,32H,3-5,8,11-16,19-22H2,1-2H3,(H,39,43)/t23-,25+,28-,32+,35+,36-/m1/s1. The Balaban J connectivity index is 1.34. The minimum absolute atomic E-state index is 0.0815. The van der Waals surface area contributed by atoms with Crippen molar-refractivity contribution in [3.8, 4) is 5.75 Å². The van der Waals surface area contributed by atoms with E-state index in [9.17, 15) is 18.0 Å². The Morgan fingerprint density at radius 1 is 1.12 bits per heavy atom. The number of benzene rings is 2. The van der Waals surface area contributed by atoms with Gasteiger partial charge in [-0.15, -0.1) is 0 Å². The monoisotopic (exact) mass is 701 g/mol. The normalized spacial score (nSPS) is 32.3. The van der Waals surface area contributed by atoms with Crippen molar-refractivity contribution in [3.05, 3.63) is 58.1 Å². The Morgan fingerprint density at radius 2 is 1.96 bits per heavy atom. The van der Waals surface area contributed by atoms with Gasteiger partial charge in [-0.2, -0.15) is 0 Å². The molecule has 1 saturated carbocycles. The van der Waals surface area contributed by atoms with E-state index in [4.69, 9.17) is 21.1 Å². The van der Waals surface area contributed by atoms with Gasteiger partial charge in [0.1, 0.15) is 5.75 Å². The Morgan fingerprint density at radius 3 is 2.73 bits per heavy atom. The van der Waals surface area contributed by atoms with Gasteiger partial charge in [0.2, 0.25) is 21.6 Å². The highest BCUT2D eigenvalue weighted by atomic mass is 35.5. The zero-order valence-electron chi connectivity index (χ0n) is 27.7. The third-order valence-corrected chi connectivity index (χ3v) is 12.4. The topological polar surface area (TPSA) is 105 Å². The van der Waals surface area contributed by atoms with Crippen molar-refractivity contribution in [1.29, 1.82) is 0 Å². The number of ether oxygens (including phenoxy) is 2. The van der Waals surface area contributed by atoms with Gasteiger partial charge in [0.15, 0.2) is 0 Å². The lowest BCUT2D eigenvalue weighted by molar-refractivity contribution is -0.142. The van der Waals surface area contributed by atoms with E-state index in [0.717, 1.165) is 57.6 Å². The first-order valence-electron chi connectivity index (χ1n) is 17.2. The molecule has 48 heavy (non-hydrogen) atoms. The molecule has 2 aromatic carbocycles. The quantitative estimate of drug-likeness (QED) is 0.463. The van der Waals surface area contributed by atoms with Gasteiger partial charge < -0.3 is 19.3 Å². The fourth-order valence-electron chi connectivity index (χ4n) is 8.82. The van der Waals surface area contributed by atoms with Crippen LogP contribution in [0.25, 0.3) is 0 Å². The summed E-state index contributed by atoms with van der Waals surface area (Å²) in [5.41, 5.74) is -0.300. The Labute approximate surface area is 287 Å². The van der Waals surface area contributed by atoms with Crippen LogP contribution in [0.2, 0.25) is 5.02 Å². The van der Waals surface area contributed by atoms with Crippen LogP contribution in [0.15, 0.2) is 36.4 Å².